The van der Waals surface area contributed by atoms with E-state index < -0.39 is 0 Å². The Balaban J connectivity index is 1.21. The third-order valence-electron chi connectivity index (χ3n) is 6.27. The Kier molecular flexibility index (Phi) is 7.04. The predicted molar refractivity (Wildman–Crippen MR) is 136 cm³/mol. The first-order valence-electron chi connectivity index (χ1n) is 11.8. The van der Waals surface area contributed by atoms with Gasteiger partial charge >= 0.3 is 0 Å². The molecule has 5 rings (SSSR count). The molecule has 1 saturated heterocycles. The van der Waals surface area contributed by atoms with Crippen molar-refractivity contribution in [3.05, 3.63) is 83.5 Å². The SMILES string of the molecule is O=C(NCCc1ccccc1)C1CCN(c2ncccc2-c2nc(-c3ccc(Cl)cc3)no2)CC1. The Labute approximate surface area is 209 Å². The molecule has 8 heteroatoms. The van der Waals surface area contributed by atoms with Gasteiger partial charge < -0.3 is 14.7 Å². The summed E-state index contributed by atoms with van der Waals surface area (Å²) >= 11 is 5.98. The van der Waals surface area contributed by atoms with E-state index in [2.05, 4.69) is 37.5 Å². The summed E-state index contributed by atoms with van der Waals surface area (Å²) in [7, 11) is 0. The van der Waals surface area contributed by atoms with Crippen molar-refractivity contribution in [3.63, 3.8) is 0 Å². The van der Waals surface area contributed by atoms with Crippen LogP contribution in [-0.4, -0.2) is 40.7 Å². The van der Waals surface area contributed by atoms with Gasteiger partial charge in [-0.05, 0) is 61.2 Å². The molecule has 0 radical (unpaired) electrons. The highest BCUT2D eigenvalue weighted by atomic mass is 35.5. The van der Waals surface area contributed by atoms with Crippen LogP contribution in [-0.2, 0) is 11.2 Å². The first-order chi connectivity index (χ1) is 17.2. The second kappa shape index (κ2) is 10.7. The molecule has 1 aliphatic rings. The third-order valence-corrected chi connectivity index (χ3v) is 6.52. The van der Waals surface area contributed by atoms with Crippen molar-refractivity contribution in [2.75, 3.05) is 24.5 Å². The van der Waals surface area contributed by atoms with Gasteiger partial charge in [0.1, 0.15) is 5.82 Å². The molecule has 0 atom stereocenters. The van der Waals surface area contributed by atoms with E-state index in [-0.39, 0.29) is 11.8 Å². The molecule has 4 aromatic rings. The highest BCUT2D eigenvalue weighted by Gasteiger charge is 2.27. The minimum absolute atomic E-state index is 0.00842. The molecule has 1 N–H and O–H groups in total. The van der Waals surface area contributed by atoms with Crippen LogP contribution >= 0.6 is 11.6 Å². The largest absolute Gasteiger partial charge is 0.356 e. The van der Waals surface area contributed by atoms with Crippen molar-refractivity contribution < 1.29 is 9.32 Å². The first-order valence-corrected chi connectivity index (χ1v) is 12.2. The second-order valence-electron chi connectivity index (χ2n) is 8.59. The zero-order chi connectivity index (χ0) is 24.0. The number of amides is 1. The molecule has 35 heavy (non-hydrogen) atoms. The predicted octanol–water partition coefficient (Wildman–Crippen LogP) is 5.03. The van der Waals surface area contributed by atoms with E-state index in [0.29, 0.717) is 23.3 Å². The maximum absolute atomic E-state index is 12.7. The minimum atomic E-state index is 0.00842. The number of rotatable bonds is 7. The van der Waals surface area contributed by atoms with Gasteiger partial charge in [-0.1, -0.05) is 47.1 Å². The van der Waals surface area contributed by atoms with Gasteiger partial charge in [0.05, 0.1) is 5.56 Å². The first kappa shape index (κ1) is 23.1. The number of piperidine rings is 1. The van der Waals surface area contributed by atoms with E-state index in [1.165, 1.54) is 5.56 Å². The van der Waals surface area contributed by atoms with E-state index in [0.717, 1.165) is 49.3 Å². The van der Waals surface area contributed by atoms with Gasteiger partial charge in [0.2, 0.25) is 11.7 Å². The number of hydrogen-bond acceptors (Lipinski definition) is 6. The molecular weight excluding hydrogens is 462 g/mol. The third kappa shape index (κ3) is 5.52. The molecule has 0 aliphatic carbocycles. The van der Waals surface area contributed by atoms with E-state index in [1.807, 2.05) is 42.5 Å². The van der Waals surface area contributed by atoms with Crippen LogP contribution in [0.2, 0.25) is 5.02 Å². The number of halogens is 1. The summed E-state index contributed by atoms with van der Waals surface area (Å²) in [5.41, 5.74) is 2.84. The number of pyridine rings is 1. The molecule has 1 fully saturated rings. The topological polar surface area (TPSA) is 84.2 Å². The van der Waals surface area contributed by atoms with Crippen LogP contribution in [0.25, 0.3) is 22.8 Å². The van der Waals surface area contributed by atoms with Crippen LogP contribution in [0.4, 0.5) is 5.82 Å². The summed E-state index contributed by atoms with van der Waals surface area (Å²) in [6.45, 7) is 2.12. The highest BCUT2D eigenvalue weighted by molar-refractivity contribution is 6.30. The van der Waals surface area contributed by atoms with E-state index in [9.17, 15) is 4.79 Å². The molecule has 7 nitrogen and oxygen atoms in total. The van der Waals surface area contributed by atoms with Gasteiger partial charge in [-0.2, -0.15) is 4.98 Å². The second-order valence-corrected chi connectivity index (χ2v) is 9.03. The monoisotopic (exact) mass is 487 g/mol. The number of anilines is 1. The van der Waals surface area contributed by atoms with E-state index in [4.69, 9.17) is 16.1 Å². The average Bonchev–Trinajstić information content (AvgIpc) is 3.40. The maximum atomic E-state index is 12.7. The molecule has 1 aliphatic heterocycles. The molecule has 2 aromatic carbocycles. The van der Waals surface area contributed by atoms with Crippen LogP contribution in [0, 0.1) is 5.92 Å². The Morgan fingerprint density at radius 2 is 1.80 bits per heavy atom. The van der Waals surface area contributed by atoms with Gasteiger partial charge in [0.25, 0.3) is 5.89 Å². The van der Waals surface area contributed by atoms with Crippen molar-refractivity contribution in [3.8, 4) is 22.8 Å². The number of carbonyl (C=O) groups excluding carboxylic acids is 1. The molecule has 178 valence electrons. The molecule has 0 saturated carbocycles. The highest BCUT2D eigenvalue weighted by Crippen LogP contribution is 2.32. The van der Waals surface area contributed by atoms with Crippen LogP contribution in [0.15, 0.2) is 77.4 Å². The normalized spacial score (nSPS) is 14.1. The minimum Gasteiger partial charge on any atom is -0.356 e. The van der Waals surface area contributed by atoms with Gasteiger partial charge in [-0.3, -0.25) is 4.79 Å². The summed E-state index contributed by atoms with van der Waals surface area (Å²) in [6.07, 6.45) is 4.14. The lowest BCUT2D eigenvalue weighted by Gasteiger charge is -2.32. The standard InChI is InChI=1S/C27H26ClN5O2/c28-22-10-8-20(9-11-22)24-31-27(35-32-24)23-7-4-15-29-25(23)33-17-13-21(14-18-33)26(34)30-16-12-19-5-2-1-3-6-19/h1-11,15,21H,12-14,16-18H2,(H,30,34). The number of nitrogens with one attached hydrogen (secondary N) is 1. The summed E-state index contributed by atoms with van der Waals surface area (Å²) in [5.74, 6) is 1.85. The van der Waals surface area contributed by atoms with Crippen molar-refractivity contribution in [2.24, 2.45) is 5.92 Å². The smallest absolute Gasteiger partial charge is 0.261 e. The number of aromatic nitrogens is 3. The van der Waals surface area contributed by atoms with Crippen molar-refractivity contribution in [2.45, 2.75) is 19.3 Å². The summed E-state index contributed by atoms with van der Waals surface area (Å²) in [4.78, 5) is 24.1. The Morgan fingerprint density at radius 3 is 2.57 bits per heavy atom. The van der Waals surface area contributed by atoms with Gasteiger partial charge in [0.15, 0.2) is 0 Å². The molecule has 3 heterocycles. The summed E-state index contributed by atoms with van der Waals surface area (Å²) in [5, 5.41) is 7.89. The lowest BCUT2D eigenvalue weighted by molar-refractivity contribution is -0.125. The molecule has 0 unspecified atom stereocenters. The molecule has 0 bridgehead atoms. The van der Waals surface area contributed by atoms with Crippen LogP contribution in [0.3, 0.4) is 0 Å². The molecule has 2 aromatic heterocycles. The fraction of sp³-hybridized carbons (Fsp3) is 0.259. The maximum Gasteiger partial charge on any atom is 0.261 e. The lowest BCUT2D eigenvalue weighted by atomic mass is 9.95. The van der Waals surface area contributed by atoms with Gasteiger partial charge in [0, 0.05) is 42.3 Å². The molecular formula is C27H26ClN5O2. The van der Waals surface area contributed by atoms with Crippen molar-refractivity contribution in [1.82, 2.24) is 20.4 Å². The Bertz CT molecular complexity index is 1270. The molecule has 1 amide bonds. The summed E-state index contributed by atoms with van der Waals surface area (Å²) in [6, 6.07) is 21.3. The van der Waals surface area contributed by atoms with Crippen LogP contribution < -0.4 is 10.2 Å². The van der Waals surface area contributed by atoms with Gasteiger partial charge in [-0.15, -0.1) is 0 Å². The van der Waals surface area contributed by atoms with Crippen LogP contribution in [0.5, 0.6) is 0 Å². The fourth-order valence-corrected chi connectivity index (χ4v) is 4.46. The Morgan fingerprint density at radius 1 is 1.03 bits per heavy atom. The number of nitrogens with zero attached hydrogens (tertiary/aromatic N) is 4. The average molecular weight is 488 g/mol. The quantitative estimate of drug-likeness (QED) is 0.393. The van der Waals surface area contributed by atoms with E-state index in [1.54, 1.807) is 18.3 Å². The van der Waals surface area contributed by atoms with Crippen molar-refractivity contribution in [1.29, 1.82) is 0 Å². The van der Waals surface area contributed by atoms with Crippen LogP contribution in [0.1, 0.15) is 18.4 Å². The number of benzene rings is 2. The lowest BCUT2D eigenvalue weighted by Crippen LogP contribution is -2.41. The zero-order valence-corrected chi connectivity index (χ0v) is 20.0. The van der Waals surface area contributed by atoms with E-state index >= 15 is 0 Å². The summed E-state index contributed by atoms with van der Waals surface area (Å²) < 4.78 is 5.58. The van der Waals surface area contributed by atoms with Gasteiger partial charge in [-0.25, -0.2) is 4.98 Å². The fourth-order valence-electron chi connectivity index (χ4n) is 4.34. The van der Waals surface area contributed by atoms with Crippen molar-refractivity contribution >= 4 is 23.3 Å². The molecule has 0 spiro atoms. The zero-order valence-electron chi connectivity index (χ0n) is 19.2. The number of hydrogen-bond donors (Lipinski definition) is 1. The number of carbonyl (C=O) groups is 1. The Hall–Kier alpha value is -3.71.